The minimum absolute atomic E-state index is 0.206. The van der Waals surface area contributed by atoms with Crippen LogP contribution in [0, 0.1) is 5.82 Å². The SMILES string of the molecule is Fc1ccc(NC2CCN(c3ncnc4ccc(Br)cc34)CC2)cc1. The molecule has 4 nitrogen and oxygen atoms in total. The molecular formula is C19H18BrFN4. The van der Waals surface area contributed by atoms with Crippen molar-refractivity contribution < 1.29 is 4.39 Å². The number of rotatable bonds is 3. The van der Waals surface area contributed by atoms with Gasteiger partial charge < -0.3 is 10.2 Å². The maximum atomic E-state index is 13.0. The average molecular weight is 401 g/mol. The van der Waals surface area contributed by atoms with E-state index in [1.165, 1.54) is 12.1 Å². The highest BCUT2D eigenvalue weighted by molar-refractivity contribution is 9.10. The van der Waals surface area contributed by atoms with Crippen LogP contribution in [0.25, 0.3) is 10.9 Å². The molecule has 0 spiro atoms. The Morgan fingerprint density at radius 1 is 1.04 bits per heavy atom. The Labute approximate surface area is 154 Å². The predicted octanol–water partition coefficient (Wildman–Crippen LogP) is 4.61. The Hall–Kier alpha value is -2.21. The molecule has 0 unspecified atom stereocenters. The number of nitrogens with one attached hydrogen (secondary N) is 1. The number of hydrogen-bond acceptors (Lipinski definition) is 4. The first-order chi connectivity index (χ1) is 12.2. The molecule has 0 bridgehead atoms. The summed E-state index contributed by atoms with van der Waals surface area (Å²) in [6.45, 7) is 1.86. The third kappa shape index (κ3) is 3.58. The summed E-state index contributed by atoms with van der Waals surface area (Å²) < 4.78 is 14.0. The monoisotopic (exact) mass is 400 g/mol. The second-order valence-corrected chi connectivity index (χ2v) is 7.19. The van der Waals surface area contributed by atoms with Gasteiger partial charge in [-0.2, -0.15) is 0 Å². The molecule has 1 N–H and O–H groups in total. The van der Waals surface area contributed by atoms with E-state index < -0.39 is 0 Å². The van der Waals surface area contributed by atoms with Gasteiger partial charge >= 0.3 is 0 Å². The second kappa shape index (κ2) is 6.96. The summed E-state index contributed by atoms with van der Waals surface area (Å²) in [6, 6.07) is 13.0. The Bertz CT molecular complexity index is 876. The molecule has 0 atom stereocenters. The largest absolute Gasteiger partial charge is 0.382 e. The van der Waals surface area contributed by atoms with E-state index in [1.54, 1.807) is 18.5 Å². The van der Waals surface area contributed by atoms with Gasteiger partial charge in [-0.05, 0) is 55.3 Å². The van der Waals surface area contributed by atoms with Crippen LogP contribution in [0.1, 0.15) is 12.8 Å². The minimum Gasteiger partial charge on any atom is -0.382 e. The van der Waals surface area contributed by atoms with E-state index in [0.717, 1.165) is 52.8 Å². The Morgan fingerprint density at radius 3 is 2.56 bits per heavy atom. The van der Waals surface area contributed by atoms with Gasteiger partial charge in [0.25, 0.3) is 0 Å². The van der Waals surface area contributed by atoms with Crippen molar-refractivity contribution in [1.82, 2.24) is 9.97 Å². The molecule has 3 aromatic rings. The van der Waals surface area contributed by atoms with Gasteiger partial charge in [-0.3, -0.25) is 0 Å². The van der Waals surface area contributed by atoms with Crippen LogP contribution >= 0.6 is 15.9 Å². The number of nitrogens with zero attached hydrogens (tertiary/aromatic N) is 3. The van der Waals surface area contributed by atoms with Gasteiger partial charge in [0, 0.05) is 34.7 Å². The normalized spacial score (nSPS) is 15.5. The maximum Gasteiger partial charge on any atom is 0.139 e. The molecule has 1 aromatic heterocycles. The Balaban J connectivity index is 1.47. The van der Waals surface area contributed by atoms with Crippen LogP contribution in [0.2, 0.25) is 0 Å². The van der Waals surface area contributed by atoms with Crippen molar-refractivity contribution in [3.63, 3.8) is 0 Å². The zero-order valence-electron chi connectivity index (χ0n) is 13.6. The molecule has 4 rings (SSSR count). The molecule has 6 heteroatoms. The third-order valence-corrected chi connectivity index (χ3v) is 5.08. The van der Waals surface area contributed by atoms with Crippen molar-refractivity contribution >= 4 is 38.3 Å². The maximum absolute atomic E-state index is 13.0. The smallest absolute Gasteiger partial charge is 0.139 e. The molecular weight excluding hydrogens is 383 g/mol. The summed E-state index contributed by atoms with van der Waals surface area (Å²) in [4.78, 5) is 11.2. The average Bonchev–Trinajstić information content (AvgIpc) is 2.64. The van der Waals surface area contributed by atoms with Crippen LogP contribution in [0.5, 0.6) is 0 Å². The van der Waals surface area contributed by atoms with Crippen LogP contribution in [-0.2, 0) is 0 Å². The molecule has 2 heterocycles. The lowest BCUT2D eigenvalue weighted by atomic mass is 10.0. The van der Waals surface area contributed by atoms with Gasteiger partial charge in [-0.15, -0.1) is 0 Å². The van der Waals surface area contributed by atoms with Crippen molar-refractivity contribution in [2.75, 3.05) is 23.3 Å². The molecule has 1 aliphatic heterocycles. The topological polar surface area (TPSA) is 41.0 Å². The van der Waals surface area contributed by atoms with E-state index in [0.29, 0.717) is 6.04 Å². The molecule has 1 aliphatic rings. The number of aromatic nitrogens is 2. The lowest BCUT2D eigenvalue weighted by molar-refractivity contribution is 0.524. The number of anilines is 2. The van der Waals surface area contributed by atoms with Crippen molar-refractivity contribution in [1.29, 1.82) is 0 Å². The highest BCUT2D eigenvalue weighted by Crippen LogP contribution is 2.28. The van der Waals surface area contributed by atoms with Crippen molar-refractivity contribution in [2.45, 2.75) is 18.9 Å². The molecule has 128 valence electrons. The lowest BCUT2D eigenvalue weighted by Crippen LogP contribution is -2.39. The molecule has 0 aliphatic carbocycles. The van der Waals surface area contributed by atoms with Crippen LogP contribution in [0.15, 0.2) is 53.3 Å². The molecule has 1 saturated heterocycles. The zero-order valence-corrected chi connectivity index (χ0v) is 15.2. The van der Waals surface area contributed by atoms with Gasteiger partial charge in [-0.25, -0.2) is 14.4 Å². The molecule has 0 radical (unpaired) electrons. The predicted molar refractivity (Wildman–Crippen MR) is 102 cm³/mol. The number of halogens is 2. The van der Waals surface area contributed by atoms with Gasteiger partial charge in [0.1, 0.15) is 18.0 Å². The first-order valence-electron chi connectivity index (χ1n) is 8.36. The fraction of sp³-hybridized carbons (Fsp3) is 0.263. The number of benzene rings is 2. The van der Waals surface area contributed by atoms with Crippen molar-refractivity contribution in [2.24, 2.45) is 0 Å². The van der Waals surface area contributed by atoms with Crippen LogP contribution in [-0.4, -0.2) is 29.1 Å². The standard InChI is InChI=1S/C19H18BrFN4/c20-13-1-6-18-17(11-13)19(23-12-22-18)25-9-7-16(8-10-25)24-15-4-2-14(21)3-5-15/h1-6,11-12,16,24H,7-10H2. The van der Waals surface area contributed by atoms with E-state index >= 15 is 0 Å². The van der Waals surface area contributed by atoms with E-state index in [2.05, 4.69) is 42.2 Å². The van der Waals surface area contributed by atoms with E-state index in [4.69, 9.17) is 0 Å². The summed E-state index contributed by atoms with van der Waals surface area (Å²) in [5.74, 6) is 0.786. The number of piperidine rings is 1. The number of hydrogen-bond donors (Lipinski definition) is 1. The molecule has 0 amide bonds. The zero-order chi connectivity index (χ0) is 17.2. The fourth-order valence-corrected chi connectivity index (χ4v) is 3.65. The lowest BCUT2D eigenvalue weighted by Gasteiger charge is -2.34. The fourth-order valence-electron chi connectivity index (χ4n) is 3.28. The number of fused-ring (bicyclic) bond motifs is 1. The first kappa shape index (κ1) is 16.3. The van der Waals surface area contributed by atoms with Gasteiger partial charge in [0.2, 0.25) is 0 Å². The van der Waals surface area contributed by atoms with Crippen LogP contribution < -0.4 is 10.2 Å². The quantitative estimate of drug-likeness (QED) is 0.696. The molecule has 25 heavy (non-hydrogen) atoms. The van der Waals surface area contributed by atoms with E-state index in [1.807, 2.05) is 12.1 Å². The van der Waals surface area contributed by atoms with Gasteiger partial charge in [0.05, 0.1) is 5.52 Å². The summed E-state index contributed by atoms with van der Waals surface area (Å²) >= 11 is 3.53. The highest BCUT2D eigenvalue weighted by Gasteiger charge is 2.21. The third-order valence-electron chi connectivity index (χ3n) is 4.59. The van der Waals surface area contributed by atoms with Gasteiger partial charge in [0.15, 0.2) is 0 Å². The highest BCUT2D eigenvalue weighted by atomic mass is 79.9. The van der Waals surface area contributed by atoms with E-state index in [-0.39, 0.29) is 5.82 Å². The minimum atomic E-state index is -0.206. The van der Waals surface area contributed by atoms with Gasteiger partial charge in [-0.1, -0.05) is 15.9 Å². The summed E-state index contributed by atoms with van der Waals surface area (Å²) in [6.07, 6.45) is 3.65. The van der Waals surface area contributed by atoms with Crippen LogP contribution in [0.3, 0.4) is 0 Å². The molecule has 0 saturated carbocycles. The second-order valence-electron chi connectivity index (χ2n) is 6.27. The first-order valence-corrected chi connectivity index (χ1v) is 9.16. The molecule has 1 fully saturated rings. The Morgan fingerprint density at radius 2 is 1.80 bits per heavy atom. The summed E-state index contributed by atoms with van der Waals surface area (Å²) in [5, 5.41) is 4.56. The summed E-state index contributed by atoms with van der Waals surface area (Å²) in [5.41, 5.74) is 1.93. The summed E-state index contributed by atoms with van der Waals surface area (Å²) in [7, 11) is 0. The van der Waals surface area contributed by atoms with Crippen LogP contribution in [0.4, 0.5) is 15.9 Å². The van der Waals surface area contributed by atoms with E-state index in [9.17, 15) is 4.39 Å². The van der Waals surface area contributed by atoms with Crippen molar-refractivity contribution in [3.05, 3.63) is 59.1 Å². The molecule has 2 aromatic carbocycles. The van der Waals surface area contributed by atoms with Crippen molar-refractivity contribution in [3.8, 4) is 0 Å². The Kier molecular flexibility index (Phi) is 4.53.